The van der Waals surface area contributed by atoms with Gasteiger partial charge in [-0.25, -0.2) is 0 Å². The predicted octanol–water partition coefficient (Wildman–Crippen LogP) is 1.92. The fourth-order valence-electron chi connectivity index (χ4n) is 1.22. The first-order chi connectivity index (χ1) is 6.84. The third-order valence-electron chi connectivity index (χ3n) is 2.15. The van der Waals surface area contributed by atoms with Gasteiger partial charge in [0.05, 0.1) is 0 Å². The summed E-state index contributed by atoms with van der Waals surface area (Å²) in [6.07, 6.45) is 3.60. The first-order valence-electron chi connectivity index (χ1n) is 4.91. The number of thiocarbonyl (C=S) groups is 1. The Balaban J connectivity index is 1.60. The minimum atomic E-state index is 0.650. The fraction of sp³-hybridized carbons (Fsp3) is 0.500. The Kier molecular flexibility index (Phi) is 3.37. The molecule has 14 heavy (non-hydrogen) atoms. The van der Waals surface area contributed by atoms with E-state index in [9.17, 15) is 0 Å². The zero-order valence-electron chi connectivity index (χ0n) is 7.95. The molecule has 1 heterocycles. The molecule has 0 spiro atoms. The first kappa shape index (κ1) is 9.93. The number of nitrogens with one attached hydrogen (secondary N) is 2. The molecule has 0 radical (unpaired) electrons. The van der Waals surface area contributed by atoms with Crippen molar-refractivity contribution in [3.63, 3.8) is 0 Å². The van der Waals surface area contributed by atoms with Crippen molar-refractivity contribution in [3.8, 4) is 0 Å². The second-order valence-electron chi connectivity index (χ2n) is 3.50. The van der Waals surface area contributed by atoms with Crippen LogP contribution in [0, 0.1) is 0 Å². The van der Waals surface area contributed by atoms with Gasteiger partial charge in [0.25, 0.3) is 0 Å². The standard InChI is InChI=1S/C10H14N2S2/c13-10(12-8-3-4-8)11-6-5-9-2-1-7-14-9/h1-2,7-8H,3-6H2,(H2,11,12,13). The van der Waals surface area contributed by atoms with E-state index in [1.807, 2.05) is 0 Å². The summed E-state index contributed by atoms with van der Waals surface area (Å²) in [5, 5.41) is 9.39. The van der Waals surface area contributed by atoms with Crippen molar-refractivity contribution in [1.82, 2.24) is 10.6 Å². The van der Waals surface area contributed by atoms with Gasteiger partial charge in [-0.15, -0.1) is 11.3 Å². The van der Waals surface area contributed by atoms with E-state index in [1.54, 1.807) is 11.3 Å². The molecule has 1 aromatic heterocycles. The topological polar surface area (TPSA) is 24.1 Å². The SMILES string of the molecule is S=C(NCCc1cccs1)NC1CC1. The first-order valence-corrected chi connectivity index (χ1v) is 6.20. The van der Waals surface area contributed by atoms with Crippen molar-refractivity contribution in [3.05, 3.63) is 22.4 Å². The lowest BCUT2D eigenvalue weighted by Crippen LogP contribution is -2.37. The largest absolute Gasteiger partial charge is 0.362 e. The Hall–Kier alpha value is -0.610. The highest BCUT2D eigenvalue weighted by atomic mass is 32.1. The van der Waals surface area contributed by atoms with Crippen molar-refractivity contribution < 1.29 is 0 Å². The molecule has 4 heteroatoms. The van der Waals surface area contributed by atoms with E-state index < -0.39 is 0 Å². The Morgan fingerprint density at radius 3 is 3.07 bits per heavy atom. The fourth-order valence-corrected chi connectivity index (χ4v) is 2.20. The molecule has 0 amide bonds. The normalized spacial score (nSPS) is 15.1. The minimum Gasteiger partial charge on any atom is -0.362 e. The van der Waals surface area contributed by atoms with Gasteiger partial charge in [0, 0.05) is 17.5 Å². The summed E-state index contributed by atoms with van der Waals surface area (Å²) in [5.74, 6) is 0. The maximum absolute atomic E-state index is 5.15. The summed E-state index contributed by atoms with van der Waals surface area (Å²) in [6.45, 7) is 0.930. The second kappa shape index (κ2) is 4.75. The quantitative estimate of drug-likeness (QED) is 0.767. The molecule has 2 N–H and O–H groups in total. The summed E-state index contributed by atoms with van der Waals surface area (Å²) >= 11 is 6.94. The highest BCUT2D eigenvalue weighted by Gasteiger charge is 2.21. The molecule has 1 aliphatic rings. The Labute approximate surface area is 93.7 Å². The zero-order chi connectivity index (χ0) is 9.80. The summed E-state index contributed by atoms with van der Waals surface area (Å²) in [6, 6.07) is 4.89. The summed E-state index contributed by atoms with van der Waals surface area (Å²) < 4.78 is 0. The van der Waals surface area contributed by atoms with Crippen LogP contribution in [-0.2, 0) is 6.42 Å². The molecule has 1 saturated carbocycles. The van der Waals surface area contributed by atoms with Crippen LogP contribution < -0.4 is 10.6 Å². The van der Waals surface area contributed by atoms with Gasteiger partial charge in [0.15, 0.2) is 5.11 Å². The van der Waals surface area contributed by atoms with Gasteiger partial charge >= 0.3 is 0 Å². The van der Waals surface area contributed by atoms with Crippen molar-refractivity contribution in [2.45, 2.75) is 25.3 Å². The molecule has 76 valence electrons. The summed E-state index contributed by atoms with van der Waals surface area (Å²) in [7, 11) is 0. The van der Waals surface area contributed by atoms with Gasteiger partial charge in [0.2, 0.25) is 0 Å². The summed E-state index contributed by atoms with van der Waals surface area (Å²) in [4.78, 5) is 1.41. The van der Waals surface area contributed by atoms with Crippen LogP contribution in [0.15, 0.2) is 17.5 Å². The molecule has 0 aromatic carbocycles. The van der Waals surface area contributed by atoms with Crippen LogP contribution in [0.3, 0.4) is 0 Å². The van der Waals surface area contributed by atoms with Gasteiger partial charge in [-0.05, 0) is 42.9 Å². The predicted molar refractivity (Wildman–Crippen MR) is 64.8 cm³/mol. The third kappa shape index (κ3) is 3.27. The van der Waals surface area contributed by atoms with E-state index in [1.165, 1.54) is 17.7 Å². The van der Waals surface area contributed by atoms with Gasteiger partial charge in [0.1, 0.15) is 0 Å². The molecular weight excluding hydrogens is 212 g/mol. The average Bonchev–Trinajstić information content (AvgIpc) is 2.82. The van der Waals surface area contributed by atoms with Crippen LogP contribution in [0.4, 0.5) is 0 Å². The Morgan fingerprint density at radius 1 is 1.57 bits per heavy atom. The van der Waals surface area contributed by atoms with E-state index in [4.69, 9.17) is 12.2 Å². The number of rotatable bonds is 4. The molecule has 0 unspecified atom stereocenters. The van der Waals surface area contributed by atoms with Gasteiger partial charge < -0.3 is 10.6 Å². The molecular formula is C10H14N2S2. The molecule has 2 nitrogen and oxygen atoms in total. The molecule has 0 atom stereocenters. The smallest absolute Gasteiger partial charge is 0.166 e. The van der Waals surface area contributed by atoms with Crippen molar-refractivity contribution in [2.75, 3.05) is 6.54 Å². The van der Waals surface area contributed by atoms with Crippen LogP contribution in [0.2, 0.25) is 0 Å². The van der Waals surface area contributed by atoms with Crippen LogP contribution in [0.5, 0.6) is 0 Å². The molecule has 1 fully saturated rings. The zero-order valence-corrected chi connectivity index (χ0v) is 9.59. The lowest BCUT2D eigenvalue weighted by Gasteiger charge is -2.08. The van der Waals surface area contributed by atoms with E-state index in [-0.39, 0.29) is 0 Å². The maximum atomic E-state index is 5.15. The number of hydrogen-bond donors (Lipinski definition) is 2. The maximum Gasteiger partial charge on any atom is 0.166 e. The molecule has 2 rings (SSSR count). The van der Waals surface area contributed by atoms with Crippen LogP contribution >= 0.6 is 23.6 Å². The van der Waals surface area contributed by atoms with Gasteiger partial charge in [-0.1, -0.05) is 6.07 Å². The van der Waals surface area contributed by atoms with E-state index in [0.29, 0.717) is 6.04 Å². The average molecular weight is 226 g/mol. The molecule has 0 saturated heterocycles. The number of thiophene rings is 1. The van der Waals surface area contributed by atoms with Crippen molar-refractivity contribution >= 4 is 28.7 Å². The monoisotopic (exact) mass is 226 g/mol. The number of hydrogen-bond acceptors (Lipinski definition) is 2. The Morgan fingerprint density at radius 2 is 2.43 bits per heavy atom. The van der Waals surface area contributed by atoms with Crippen molar-refractivity contribution in [1.29, 1.82) is 0 Å². The molecule has 1 aromatic rings. The minimum absolute atomic E-state index is 0.650. The Bertz CT molecular complexity index is 291. The van der Waals surface area contributed by atoms with E-state index in [0.717, 1.165) is 18.1 Å². The van der Waals surface area contributed by atoms with E-state index >= 15 is 0 Å². The molecule has 0 aliphatic heterocycles. The molecule has 1 aliphatic carbocycles. The summed E-state index contributed by atoms with van der Waals surface area (Å²) in [5.41, 5.74) is 0. The lowest BCUT2D eigenvalue weighted by atomic mass is 10.3. The van der Waals surface area contributed by atoms with Crippen LogP contribution in [-0.4, -0.2) is 17.7 Å². The van der Waals surface area contributed by atoms with Gasteiger partial charge in [-0.3, -0.25) is 0 Å². The van der Waals surface area contributed by atoms with Crippen LogP contribution in [0.1, 0.15) is 17.7 Å². The third-order valence-corrected chi connectivity index (χ3v) is 3.35. The highest BCUT2D eigenvalue weighted by Crippen LogP contribution is 2.18. The van der Waals surface area contributed by atoms with Gasteiger partial charge in [-0.2, -0.15) is 0 Å². The van der Waals surface area contributed by atoms with Crippen LogP contribution in [0.25, 0.3) is 0 Å². The van der Waals surface area contributed by atoms with E-state index in [2.05, 4.69) is 28.1 Å². The van der Waals surface area contributed by atoms with Crippen molar-refractivity contribution in [2.24, 2.45) is 0 Å². The second-order valence-corrected chi connectivity index (χ2v) is 4.94. The molecule has 0 bridgehead atoms. The lowest BCUT2D eigenvalue weighted by molar-refractivity contribution is 0.817. The highest BCUT2D eigenvalue weighted by molar-refractivity contribution is 7.80.